The fourth-order valence-electron chi connectivity index (χ4n) is 2.63. The Hall–Kier alpha value is -2.66. The maximum Gasteiger partial charge on any atom is 0.271 e. The number of amides is 1. The molecule has 3 rings (SSSR count). The Balaban J connectivity index is 1.60. The lowest BCUT2D eigenvalue weighted by atomic mass is 10.00. The van der Waals surface area contributed by atoms with Crippen LogP contribution in [-0.4, -0.2) is 17.2 Å². The van der Waals surface area contributed by atoms with E-state index in [0.29, 0.717) is 18.4 Å². The van der Waals surface area contributed by atoms with E-state index in [1.54, 1.807) is 24.4 Å². The molecular weight excluding hydrogens is 380 g/mol. The smallest absolute Gasteiger partial charge is 0.271 e. The summed E-state index contributed by atoms with van der Waals surface area (Å²) in [5, 5.41) is 16.2. The molecule has 3 aromatic rings. The van der Waals surface area contributed by atoms with E-state index in [1.807, 2.05) is 42.5 Å². The van der Waals surface area contributed by atoms with Crippen LogP contribution in [0.2, 0.25) is 0 Å². The number of halogens is 1. The van der Waals surface area contributed by atoms with Crippen LogP contribution in [0.5, 0.6) is 5.75 Å². The van der Waals surface area contributed by atoms with E-state index >= 15 is 0 Å². The molecule has 0 aromatic heterocycles. The minimum absolute atomic E-state index is 0.253. The Morgan fingerprint density at radius 1 is 1.08 bits per heavy atom. The number of carbonyl (C=O) groups is 1. The average Bonchev–Trinajstić information content (AvgIpc) is 2.63. The number of carbonyl (C=O) groups excluding carboxylic acids is 1. The predicted octanol–water partition coefficient (Wildman–Crippen LogP) is 4.66. The minimum Gasteiger partial charge on any atom is -0.508 e. The monoisotopic (exact) mass is 396 g/mol. The molecule has 2 N–H and O–H groups in total. The van der Waals surface area contributed by atoms with Crippen LogP contribution in [0.3, 0.4) is 0 Å². The number of aromatic hydroxyl groups is 1. The number of nitrogens with one attached hydrogen (secondary N) is 1. The van der Waals surface area contributed by atoms with E-state index in [-0.39, 0.29) is 11.7 Å². The number of hydrogen-bond acceptors (Lipinski definition) is 3. The molecule has 0 aliphatic heterocycles. The second-order valence-corrected chi connectivity index (χ2v) is 6.50. The van der Waals surface area contributed by atoms with Crippen LogP contribution < -0.4 is 5.43 Å². The third-order valence-electron chi connectivity index (χ3n) is 3.90. The van der Waals surface area contributed by atoms with Crippen molar-refractivity contribution in [2.45, 2.75) is 12.8 Å². The van der Waals surface area contributed by atoms with Gasteiger partial charge in [0.25, 0.3) is 5.91 Å². The molecule has 25 heavy (non-hydrogen) atoms. The molecule has 0 spiro atoms. The van der Waals surface area contributed by atoms with Crippen LogP contribution in [0.1, 0.15) is 22.3 Å². The van der Waals surface area contributed by atoms with Gasteiger partial charge in [0.15, 0.2) is 0 Å². The second-order valence-electron chi connectivity index (χ2n) is 5.58. The largest absolute Gasteiger partial charge is 0.508 e. The molecule has 126 valence electrons. The van der Waals surface area contributed by atoms with E-state index in [9.17, 15) is 9.90 Å². The van der Waals surface area contributed by atoms with Gasteiger partial charge in [0.2, 0.25) is 0 Å². The van der Waals surface area contributed by atoms with Crippen molar-refractivity contribution in [2.24, 2.45) is 5.10 Å². The molecule has 0 bridgehead atoms. The molecule has 0 heterocycles. The van der Waals surface area contributed by atoms with Crippen molar-refractivity contribution >= 4 is 38.8 Å². The zero-order chi connectivity index (χ0) is 17.6. The summed E-state index contributed by atoms with van der Waals surface area (Å²) in [6.07, 6.45) is 2.91. The number of aryl methyl sites for hydroxylation is 1. The number of phenolic OH excluding ortho intramolecular Hbond substituents is 1. The molecule has 0 aliphatic rings. The Morgan fingerprint density at radius 2 is 1.84 bits per heavy atom. The van der Waals surface area contributed by atoms with Gasteiger partial charge in [0, 0.05) is 21.8 Å². The molecule has 0 atom stereocenters. The summed E-state index contributed by atoms with van der Waals surface area (Å²) in [6.45, 7) is 0. The SMILES string of the molecule is O=C(N/N=C/CCc1c(O)ccc2ccccc12)c1ccc(Br)cc1. The quantitative estimate of drug-likeness (QED) is 0.486. The van der Waals surface area contributed by atoms with Crippen LogP contribution in [0.25, 0.3) is 10.8 Å². The molecule has 1 amide bonds. The van der Waals surface area contributed by atoms with E-state index in [0.717, 1.165) is 20.8 Å². The van der Waals surface area contributed by atoms with Crippen molar-refractivity contribution in [3.8, 4) is 5.75 Å². The van der Waals surface area contributed by atoms with Gasteiger partial charge in [-0.2, -0.15) is 5.10 Å². The molecule has 0 aliphatic carbocycles. The normalized spacial score (nSPS) is 11.1. The van der Waals surface area contributed by atoms with Gasteiger partial charge in [-0.25, -0.2) is 5.43 Å². The Kier molecular flexibility index (Phi) is 5.46. The number of nitrogens with zero attached hydrogens (tertiary/aromatic N) is 1. The highest BCUT2D eigenvalue weighted by molar-refractivity contribution is 9.10. The van der Waals surface area contributed by atoms with Gasteiger partial charge in [0.05, 0.1) is 0 Å². The van der Waals surface area contributed by atoms with Crippen molar-refractivity contribution in [3.05, 3.63) is 76.3 Å². The van der Waals surface area contributed by atoms with E-state index < -0.39 is 0 Å². The predicted molar refractivity (Wildman–Crippen MR) is 104 cm³/mol. The summed E-state index contributed by atoms with van der Waals surface area (Å²) in [7, 11) is 0. The van der Waals surface area contributed by atoms with Gasteiger partial charge in [-0.05, 0) is 53.9 Å². The van der Waals surface area contributed by atoms with E-state index in [2.05, 4.69) is 26.5 Å². The first-order chi connectivity index (χ1) is 12.1. The molecule has 0 saturated carbocycles. The second kappa shape index (κ2) is 7.94. The lowest BCUT2D eigenvalue weighted by molar-refractivity contribution is 0.0955. The molecule has 0 radical (unpaired) electrons. The zero-order valence-electron chi connectivity index (χ0n) is 13.4. The molecule has 3 aromatic carbocycles. The standard InChI is InChI=1S/C20H17BrN2O2/c21-16-10-7-15(8-11-16)20(25)23-22-13-3-6-18-17-5-2-1-4-14(17)9-12-19(18)24/h1-2,4-5,7-13,24H,3,6H2,(H,23,25)/b22-13+. The van der Waals surface area contributed by atoms with Crippen molar-refractivity contribution in [1.82, 2.24) is 5.43 Å². The van der Waals surface area contributed by atoms with Gasteiger partial charge in [0.1, 0.15) is 5.75 Å². The molecule has 5 heteroatoms. The van der Waals surface area contributed by atoms with Crippen molar-refractivity contribution in [3.63, 3.8) is 0 Å². The lowest BCUT2D eigenvalue weighted by Crippen LogP contribution is -2.17. The Labute approximate surface area is 154 Å². The van der Waals surface area contributed by atoms with Crippen LogP contribution in [0.4, 0.5) is 0 Å². The number of benzene rings is 3. The summed E-state index contributed by atoms with van der Waals surface area (Å²) in [6, 6.07) is 18.6. The summed E-state index contributed by atoms with van der Waals surface area (Å²) >= 11 is 3.33. The summed E-state index contributed by atoms with van der Waals surface area (Å²) in [4.78, 5) is 11.9. The van der Waals surface area contributed by atoms with Gasteiger partial charge < -0.3 is 5.11 Å². The number of rotatable bonds is 5. The fourth-order valence-corrected chi connectivity index (χ4v) is 2.90. The number of fused-ring (bicyclic) bond motifs is 1. The number of phenols is 1. The first-order valence-corrected chi connectivity index (χ1v) is 8.71. The van der Waals surface area contributed by atoms with E-state index in [4.69, 9.17) is 0 Å². The summed E-state index contributed by atoms with van der Waals surface area (Å²) < 4.78 is 0.919. The summed E-state index contributed by atoms with van der Waals surface area (Å²) in [5.41, 5.74) is 3.95. The first-order valence-electron chi connectivity index (χ1n) is 7.92. The first kappa shape index (κ1) is 17.2. The topological polar surface area (TPSA) is 61.7 Å². The van der Waals surface area contributed by atoms with Gasteiger partial charge in [-0.15, -0.1) is 0 Å². The molecule has 0 unspecified atom stereocenters. The maximum atomic E-state index is 11.9. The molecule has 0 fully saturated rings. The Bertz CT molecular complexity index is 921. The third-order valence-corrected chi connectivity index (χ3v) is 4.43. The molecule has 4 nitrogen and oxygen atoms in total. The van der Waals surface area contributed by atoms with Crippen LogP contribution >= 0.6 is 15.9 Å². The van der Waals surface area contributed by atoms with Gasteiger partial charge in [-0.3, -0.25) is 4.79 Å². The highest BCUT2D eigenvalue weighted by Crippen LogP contribution is 2.27. The van der Waals surface area contributed by atoms with Crippen molar-refractivity contribution < 1.29 is 9.90 Å². The zero-order valence-corrected chi connectivity index (χ0v) is 15.0. The molecular formula is C20H17BrN2O2. The van der Waals surface area contributed by atoms with Crippen LogP contribution in [-0.2, 0) is 6.42 Å². The van der Waals surface area contributed by atoms with Gasteiger partial charge >= 0.3 is 0 Å². The highest BCUT2D eigenvalue weighted by atomic mass is 79.9. The summed E-state index contributed by atoms with van der Waals surface area (Å²) in [5.74, 6) is 0.0303. The fraction of sp³-hybridized carbons (Fsp3) is 0.100. The number of hydrazone groups is 1. The van der Waals surface area contributed by atoms with Crippen molar-refractivity contribution in [2.75, 3.05) is 0 Å². The third kappa shape index (κ3) is 4.25. The van der Waals surface area contributed by atoms with Crippen LogP contribution in [0, 0.1) is 0 Å². The number of hydrogen-bond donors (Lipinski definition) is 2. The molecule has 0 saturated heterocycles. The van der Waals surface area contributed by atoms with Gasteiger partial charge in [-0.1, -0.05) is 46.3 Å². The maximum absolute atomic E-state index is 11.9. The lowest BCUT2D eigenvalue weighted by Gasteiger charge is -2.07. The average molecular weight is 397 g/mol. The van der Waals surface area contributed by atoms with Crippen LogP contribution in [0.15, 0.2) is 70.2 Å². The minimum atomic E-state index is -0.253. The highest BCUT2D eigenvalue weighted by Gasteiger charge is 2.06. The Morgan fingerprint density at radius 3 is 2.64 bits per heavy atom. The van der Waals surface area contributed by atoms with Crippen molar-refractivity contribution in [1.29, 1.82) is 0 Å². The van der Waals surface area contributed by atoms with E-state index in [1.165, 1.54) is 0 Å².